The monoisotopic (exact) mass is 872 g/mol. The van der Waals surface area contributed by atoms with Crippen LogP contribution in [0.1, 0.15) is 32.6 Å². The Morgan fingerprint density at radius 2 is 1.08 bits per heavy atom. The smallest absolute Gasteiger partial charge is 0.310 e. The van der Waals surface area contributed by atoms with Gasteiger partial charge in [0.2, 0.25) is 23.4 Å². The number of aromatic nitrogens is 4. The third-order valence-corrected chi connectivity index (χ3v) is 10.2. The predicted molar refractivity (Wildman–Crippen MR) is 227 cm³/mol. The van der Waals surface area contributed by atoms with E-state index in [-0.39, 0.29) is 11.9 Å². The second-order valence-electron chi connectivity index (χ2n) is 13.5. The molecule has 0 saturated carbocycles. The number of esters is 1. The molecule has 2 saturated heterocycles. The van der Waals surface area contributed by atoms with E-state index in [4.69, 9.17) is 56.4 Å². The normalized spacial score (nSPS) is 16.1. The van der Waals surface area contributed by atoms with E-state index in [1.807, 2.05) is 9.80 Å². The van der Waals surface area contributed by atoms with Gasteiger partial charge >= 0.3 is 11.9 Å². The highest BCUT2D eigenvalue weighted by atomic mass is 35.5. The molecule has 0 amide bonds. The van der Waals surface area contributed by atoms with Crippen molar-refractivity contribution in [3.63, 3.8) is 0 Å². The lowest BCUT2D eigenvalue weighted by Gasteiger charge is -2.32. The fraction of sp³-hybridized carbons (Fsp3) is 0.450. The van der Waals surface area contributed by atoms with Crippen molar-refractivity contribution >= 4 is 70.0 Å². The first kappa shape index (κ1) is 45.2. The van der Waals surface area contributed by atoms with Gasteiger partial charge in [0.05, 0.1) is 73.5 Å². The standard InChI is InChI=1S/C21H27ClN4O5.C19H23ClN4O5/c1-5-31-20(27)13-7-6-8-26(12-13)19-15(22)11-23-21(25-19)24-14-9-16(28-2)18(30-4)17(10-14)29-3;1-27-14-7-12(8-15(28-2)16(14)29-3)22-19-21-9-13(20)17(23-19)24-6-4-5-11(10-24)18(25)26/h9-11,13H,5-8,12H2,1-4H3,(H,23,24,25);7-9,11H,4-6,10H2,1-3H3,(H,25,26)(H,21,22,23)/t13-;11-/m00/s1. The molecule has 2 fully saturated rings. The number of carbonyl (C=O) groups excluding carboxylic acids is 1. The largest absolute Gasteiger partial charge is 0.493 e. The average Bonchev–Trinajstić information content (AvgIpc) is 3.27. The highest BCUT2D eigenvalue weighted by molar-refractivity contribution is 6.33. The molecule has 6 rings (SSSR count). The highest BCUT2D eigenvalue weighted by Gasteiger charge is 2.30. The zero-order chi connectivity index (χ0) is 43.3. The lowest BCUT2D eigenvalue weighted by atomic mass is 9.98. The number of carboxylic acid groups (broad SMARTS) is 1. The van der Waals surface area contributed by atoms with Crippen molar-refractivity contribution in [2.24, 2.45) is 11.8 Å². The molecule has 60 heavy (non-hydrogen) atoms. The third kappa shape index (κ3) is 11.0. The quantitative estimate of drug-likeness (QED) is 0.104. The van der Waals surface area contributed by atoms with E-state index in [0.29, 0.717) is 112 Å². The molecule has 2 atom stereocenters. The number of hydrogen-bond acceptors (Lipinski definition) is 17. The van der Waals surface area contributed by atoms with Crippen molar-refractivity contribution in [2.45, 2.75) is 32.6 Å². The topological polar surface area (TPSA) is 201 Å². The lowest BCUT2D eigenvalue weighted by molar-refractivity contribution is -0.148. The van der Waals surface area contributed by atoms with Gasteiger partial charge in [-0.2, -0.15) is 9.97 Å². The van der Waals surface area contributed by atoms with Crippen molar-refractivity contribution < 1.29 is 47.9 Å². The summed E-state index contributed by atoms with van der Waals surface area (Å²) in [4.78, 5) is 45.0. The van der Waals surface area contributed by atoms with Gasteiger partial charge in [-0.1, -0.05) is 23.2 Å². The van der Waals surface area contributed by atoms with E-state index in [1.165, 1.54) is 33.7 Å². The molecule has 2 aliphatic rings. The van der Waals surface area contributed by atoms with E-state index in [1.54, 1.807) is 52.5 Å². The fourth-order valence-corrected chi connectivity index (χ4v) is 7.26. The van der Waals surface area contributed by atoms with E-state index in [2.05, 4.69) is 30.6 Å². The third-order valence-electron chi connectivity index (χ3n) is 9.70. The van der Waals surface area contributed by atoms with E-state index in [0.717, 1.165) is 25.8 Å². The van der Waals surface area contributed by atoms with Crippen molar-refractivity contribution in [2.75, 3.05) is 95.9 Å². The van der Waals surface area contributed by atoms with Crippen molar-refractivity contribution in [3.8, 4) is 34.5 Å². The average molecular weight is 874 g/mol. The number of nitrogens with zero attached hydrogens (tertiary/aromatic N) is 6. The predicted octanol–water partition coefficient (Wildman–Crippen LogP) is 6.88. The maximum atomic E-state index is 12.2. The van der Waals surface area contributed by atoms with Crippen LogP contribution in [-0.4, -0.2) is 112 Å². The molecule has 2 aliphatic heterocycles. The Labute approximate surface area is 358 Å². The molecule has 0 bridgehead atoms. The first-order valence-corrected chi connectivity index (χ1v) is 19.8. The van der Waals surface area contributed by atoms with Crippen LogP contribution in [0.15, 0.2) is 36.7 Å². The molecule has 4 aromatic rings. The number of carboxylic acids is 1. The summed E-state index contributed by atoms with van der Waals surface area (Å²) < 4.78 is 37.4. The number of benzene rings is 2. The maximum Gasteiger partial charge on any atom is 0.310 e. The van der Waals surface area contributed by atoms with Crippen LogP contribution in [0.4, 0.5) is 34.9 Å². The van der Waals surface area contributed by atoms with Gasteiger partial charge in [0.15, 0.2) is 34.6 Å². The number of anilines is 6. The van der Waals surface area contributed by atoms with Crippen LogP contribution >= 0.6 is 23.2 Å². The molecule has 324 valence electrons. The molecule has 0 radical (unpaired) electrons. The van der Waals surface area contributed by atoms with Gasteiger partial charge in [0.1, 0.15) is 10.0 Å². The molecule has 4 heterocycles. The molecule has 2 aromatic carbocycles. The molecule has 0 spiro atoms. The number of ether oxygens (including phenoxy) is 7. The Hall–Kier alpha value is -5.88. The Bertz CT molecular complexity index is 2070. The maximum absolute atomic E-state index is 12.2. The molecular weight excluding hydrogens is 823 g/mol. The van der Waals surface area contributed by atoms with Crippen molar-refractivity contribution in [3.05, 3.63) is 46.7 Å². The number of methoxy groups -OCH3 is 6. The number of hydrogen-bond donors (Lipinski definition) is 3. The molecule has 18 nitrogen and oxygen atoms in total. The van der Waals surface area contributed by atoms with Crippen LogP contribution in [0, 0.1) is 11.8 Å². The van der Waals surface area contributed by atoms with Gasteiger partial charge in [0.25, 0.3) is 0 Å². The molecule has 2 aromatic heterocycles. The molecular formula is C40H50Cl2N8O10. The Morgan fingerprint density at radius 3 is 1.45 bits per heavy atom. The summed E-state index contributed by atoms with van der Waals surface area (Å²) in [6.07, 6.45) is 6.07. The van der Waals surface area contributed by atoms with Crippen molar-refractivity contribution in [1.82, 2.24) is 19.9 Å². The summed E-state index contributed by atoms with van der Waals surface area (Å²) in [5.74, 6) is 3.06. The van der Waals surface area contributed by atoms with Crippen LogP contribution in [0.25, 0.3) is 0 Å². The second kappa shape index (κ2) is 21.4. The van der Waals surface area contributed by atoms with Crippen LogP contribution in [0.2, 0.25) is 10.0 Å². The van der Waals surface area contributed by atoms with E-state index in [9.17, 15) is 14.7 Å². The Balaban J connectivity index is 0.000000228. The van der Waals surface area contributed by atoms with E-state index < -0.39 is 11.9 Å². The Morgan fingerprint density at radius 1 is 0.683 bits per heavy atom. The summed E-state index contributed by atoms with van der Waals surface area (Å²) in [5, 5.41) is 16.4. The molecule has 20 heteroatoms. The van der Waals surface area contributed by atoms with Gasteiger partial charge in [-0.15, -0.1) is 0 Å². The second-order valence-corrected chi connectivity index (χ2v) is 14.3. The Kier molecular flexibility index (Phi) is 16.1. The summed E-state index contributed by atoms with van der Waals surface area (Å²) >= 11 is 12.7. The number of rotatable bonds is 15. The van der Waals surface area contributed by atoms with Gasteiger partial charge in [0, 0.05) is 61.8 Å². The number of halogens is 2. The first-order chi connectivity index (χ1) is 29.0. The minimum absolute atomic E-state index is 0.187. The van der Waals surface area contributed by atoms with Gasteiger partial charge < -0.3 is 58.7 Å². The van der Waals surface area contributed by atoms with Gasteiger partial charge in [-0.3, -0.25) is 9.59 Å². The van der Waals surface area contributed by atoms with Crippen LogP contribution in [0.5, 0.6) is 34.5 Å². The van der Waals surface area contributed by atoms with Crippen LogP contribution < -0.4 is 48.9 Å². The number of piperidine rings is 2. The zero-order valence-corrected chi connectivity index (χ0v) is 36.1. The summed E-state index contributed by atoms with van der Waals surface area (Å²) in [7, 11) is 9.25. The zero-order valence-electron chi connectivity index (χ0n) is 34.5. The highest BCUT2D eigenvalue weighted by Crippen LogP contribution is 2.42. The van der Waals surface area contributed by atoms with Crippen molar-refractivity contribution in [1.29, 1.82) is 0 Å². The summed E-state index contributed by atoms with van der Waals surface area (Å²) in [6, 6.07) is 6.99. The van der Waals surface area contributed by atoms with E-state index >= 15 is 0 Å². The number of nitrogens with one attached hydrogen (secondary N) is 2. The molecule has 0 unspecified atom stereocenters. The number of carbonyl (C=O) groups is 2. The molecule has 3 N–H and O–H groups in total. The van der Waals surface area contributed by atoms with Gasteiger partial charge in [-0.05, 0) is 32.6 Å². The number of aliphatic carboxylic acids is 1. The fourth-order valence-electron chi connectivity index (χ4n) is 6.84. The summed E-state index contributed by atoms with van der Waals surface area (Å²) in [5.41, 5.74) is 1.29. The minimum atomic E-state index is -0.810. The first-order valence-electron chi connectivity index (χ1n) is 19.1. The SMILES string of the molecule is CCOC(=O)[C@H]1CCCN(c2nc(Nc3cc(OC)c(OC)c(OC)c3)ncc2Cl)C1.COc1cc(Nc2ncc(Cl)c(N3CCC[C@H](C(=O)O)C3)n2)cc(OC)c1OC. The minimum Gasteiger partial charge on any atom is -0.493 e. The van der Waals surface area contributed by atoms with Gasteiger partial charge in [-0.25, -0.2) is 9.97 Å². The van der Waals surface area contributed by atoms with Crippen LogP contribution in [-0.2, 0) is 14.3 Å². The van der Waals surface area contributed by atoms with Crippen LogP contribution in [0.3, 0.4) is 0 Å². The lowest BCUT2D eigenvalue weighted by Crippen LogP contribution is -2.40. The molecule has 0 aliphatic carbocycles. The summed E-state index contributed by atoms with van der Waals surface area (Å²) in [6.45, 7) is 4.46.